The second-order valence-corrected chi connectivity index (χ2v) is 7.55. The topological polar surface area (TPSA) is 74.8 Å². The molecular weight excluding hydrogens is 362 g/mol. The van der Waals surface area contributed by atoms with Crippen LogP contribution in [0, 0.1) is 0 Å². The Balaban J connectivity index is 1.48. The smallest absolute Gasteiger partial charge is 0.251 e. The first-order chi connectivity index (χ1) is 14.1. The van der Waals surface area contributed by atoms with Crippen LogP contribution in [-0.4, -0.2) is 15.9 Å². The molecule has 0 saturated carbocycles. The minimum Gasteiger partial charge on any atom is -0.326 e. The highest BCUT2D eigenvalue weighted by atomic mass is 16.1. The van der Waals surface area contributed by atoms with E-state index in [0.29, 0.717) is 24.4 Å². The minimum absolute atomic E-state index is 0.0540. The van der Waals surface area contributed by atoms with E-state index in [1.54, 1.807) is 0 Å². The van der Waals surface area contributed by atoms with Gasteiger partial charge in [-0.3, -0.25) is 9.59 Å². The predicted octanol–water partition coefficient (Wildman–Crippen LogP) is 4.06. The Bertz CT molecular complexity index is 1100. The van der Waals surface area contributed by atoms with Crippen LogP contribution in [0.5, 0.6) is 0 Å². The van der Waals surface area contributed by atoms with Gasteiger partial charge in [0.25, 0.3) is 5.56 Å². The molecule has 0 bridgehead atoms. The molecule has 4 rings (SSSR count). The Hall–Kier alpha value is -3.21. The molecule has 0 radical (unpaired) electrons. The van der Waals surface area contributed by atoms with E-state index >= 15 is 0 Å². The van der Waals surface area contributed by atoms with Crippen molar-refractivity contribution in [3.63, 3.8) is 0 Å². The van der Waals surface area contributed by atoms with E-state index in [4.69, 9.17) is 0 Å². The Labute approximate surface area is 170 Å². The molecule has 0 saturated heterocycles. The number of carbonyl (C=O) groups is 1. The minimum atomic E-state index is -0.173. The van der Waals surface area contributed by atoms with Crippen molar-refractivity contribution < 1.29 is 4.79 Å². The lowest BCUT2D eigenvalue weighted by molar-refractivity contribution is -0.115. The van der Waals surface area contributed by atoms with Gasteiger partial charge in [0, 0.05) is 23.0 Å². The van der Waals surface area contributed by atoms with E-state index in [1.165, 1.54) is 30.0 Å². The van der Waals surface area contributed by atoms with Crippen LogP contribution >= 0.6 is 0 Å². The van der Waals surface area contributed by atoms with Gasteiger partial charge < -0.3 is 10.3 Å². The van der Waals surface area contributed by atoms with Gasteiger partial charge in [-0.25, -0.2) is 4.98 Å². The standard InChI is InChI=1S/C24H25N3O2/c1-2-20-15-23(29)27-24(26-20)19-8-5-9-21(14-19)25-22(28)13-16-10-11-17-6-3-4-7-18(17)12-16/h5,8-12,14-15H,2-4,6-7,13H2,1H3,(H,25,28)(H,26,27,29). The zero-order valence-corrected chi connectivity index (χ0v) is 16.6. The van der Waals surface area contributed by atoms with Crippen molar-refractivity contribution in [1.29, 1.82) is 0 Å². The Morgan fingerprint density at radius 1 is 1.07 bits per heavy atom. The molecule has 5 heteroatoms. The maximum absolute atomic E-state index is 12.6. The number of aromatic amines is 1. The van der Waals surface area contributed by atoms with Crippen LogP contribution in [0.3, 0.4) is 0 Å². The fourth-order valence-electron chi connectivity index (χ4n) is 3.86. The molecule has 2 aromatic carbocycles. The van der Waals surface area contributed by atoms with E-state index in [9.17, 15) is 9.59 Å². The summed E-state index contributed by atoms with van der Waals surface area (Å²) in [7, 11) is 0. The number of anilines is 1. The molecule has 3 aromatic rings. The second kappa shape index (κ2) is 8.43. The molecule has 5 nitrogen and oxygen atoms in total. The Morgan fingerprint density at radius 3 is 2.72 bits per heavy atom. The maximum atomic E-state index is 12.6. The molecule has 2 N–H and O–H groups in total. The van der Waals surface area contributed by atoms with Gasteiger partial charge in [0.15, 0.2) is 0 Å². The number of aromatic nitrogens is 2. The van der Waals surface area contributed by atoms with Gasteiger partial charge in [0.1, 0.15) is 5.82 Å². The summed E-state index contributed by atoms with van der Waals surface area (Å²) in [4.78, 5) is 31.7. The summed E-state index contributed by atoms with van der Waals surface area (Å²) < 4.78 is 0. The van der Waals surface area contributed by atoms with Gasteiger partial charge in [-0.2, -0.15) is 0 Å². The number of hydrogen-bond donors (Lipinski definition) is 2. The average Bonchev–Trinajstić information content (AvgIpc) is 2.73. The summed E-state index contributed by atoms with van der Waals surface area (Å²) in [6.45, 7) is 1.96. The maximum Gasteiger partial charge on any atom is 0.251 e. The Kier molecular flexibility index (Phi) is 5.56. The molecular formula is C24H25N3O2. The normalized spacial score (nSPS) is 13.0. The van der Waals surface area contributed by atoms with Crippen molar-refractivity contribution in [2.24, 2.45) is 0 Å². The molecule has 1 aliphatic rings. The van der Waals surface area contributed by atoms with Crippen LogP contribution in [0.4, 0.5) is 5.69 Å². The van der Waals surface area contributed by atoms with Gasteiger partial charge in [-0.05, 0) is 60.9 Å². The highest BCUT2D eigenvalue weighted by Crippen LogP contribution is 2.23. The van der Waals surface area contributed by atoms with Gasteiger partial charge >= 0.3 is 0 Å². The molecule has 1 heterocycles. The van der Waals surface area contributed by atoms with Crippen molar-refractivity contribution in [2.45, 2.75) is 45.4 Å². The molecule has 148 valence electrons. The molecule has 0 aliphatic heterocycles. The van der Waals surface area contributed by atoms with Gasteiger partial charge in [-0.1, -0.05) is 37.3 Å². The number of benzene rings is 2. The summed E-state index contributed by atoms with van der Waals surface area (Å²) in [5.74, 6) is 0.460. The molecule has 1 aromatic heterocycles. The number of H-pyrrole nitrogens is 1. The Morgan fingerprint density at radius 2 is 1.90 bits per heavy atom. The molecule has 0 spiro atoms. The molecule has 0 fully saturated rings. The first-order valence-corrected chi connectivity index (χ1v) is 10.2. The van der Waals surface area contributed by atoms with E-state index in [2.05, 4.69) is 33.5 Å². The molecule has 0 unspecified atom stereocenters. The van der Waals surface area contributed by atoms with Gasteiger partial charge in [0.05, 0.1) is 6.42 Å². The second-order valence-electron chi connectivity index (χ2n) is 7.55. The average molecular weight is 387 g/mol. The summed E-state index contributed by atoms with van der Waals surface area (Å²) in [5, 5.41) is 2.97. The summed E-state index contributed by atoms with van der Waals surface area (Å²) in [5.41, 5.74) is 5.87. The van der Waals surface area contributed by atoms with Gasteiger partial charge in [-0.15, -0.1) is 0 Å². The number of nitrogens with one attached hydrogen (secondary N) is 2. The predicted molar refractivity (Wildman–Crippen MR) is 115 cm³/mol. The quantitative estimate of drug-likeness (QED) is 0.693. The zero-order valence-electron chi connectivity index (χ0n) is 16.6. The lowest BCUT2D eigenvalue weighted by Crippen LogP contribution is -2.15. The third kappa shape index (κ3) is 4.62. The van der Waals surface area contributed by atoms with Crippen LogP contribution in [0.15, 0.2) is 53.3 Å². The fourth-order valence-corrected chi connectivity index (χ4v) is 3.86. The third-order valence-corrected chi connectivity index (χ3v) is 5.35. The lowest BCUT2D eigenvalue weighted by Gasteiger charge is -2.16. The van der Waals surface area contributed by atoms with Crippen molar-refractivity contribution in [2.75, 3.05) is 5.32 Å². The van der Waals surface area contributed by atoms with E-state index in [1.807, 2.05) is 31.2 Å². The number of nitrogens with zero attached hydrogens (tertiary/aromatic N) is 1. The fraction of sp³-hybridized carbons (Fsp3) is 0.292. The molecule has 0 atom stereocenters. The van der Waals surface area contributed by atoms with E-state index in [0.717, 1.165) is 29.7 Å². The number of aryl methyl sites for hydroxylation is 3. The van der Waals surface area contributed by atoms with Crippen LogP contribution in [0.2, 0.25) is 0 Å². The number of amides is 1. The highest BCUT2D eigenvalue weighted by molar-refractivity contribution is 5.92. The molecule has 1 aliphatic carbocycles. The van der Waals surface area contributed by atoms with Crippen molar-refractivity contribution >= 4 is 11.6 Å². The number of carbonyl (C=O) groups excluding carboxylic acids is 1. The van der Waals surface area contributed by atoms with E-state index < -0.39 is 0 Å². The zero-order chi connectivity index (χ0) is 20.2. The monoisotopic (exact) mass is 387 g/mol. The van der Waals surface area contributed by atoms with Crippen LogP contribution in [0.1, 0.15) is 42.1 Å². The van der Waals surface area contributed by atoms with Crippen LogP contribution < -0.4 is 10.9 Å². The largest absolute Gasteiger partial charge is 0.326 e. The SMILES string of the molecule is CCc1cc(=O)[nH]c(-c2cccc(NC(=O)Cc3ccc4c(c3)CCCC4)c2)n1. The number of rotatable bonds is 5. The van der Waals surface area contributed by atoms with Crippen LogP contribution in [-0.2, 0) is 30.5 Å². The van der Waals surface area contributed by atoms with Gasteiger partial charge in [0.2, 0.25) is 5.91 Å². The van der Waals surface area contributed by atoms with Crippen molar-refractivity contribution in [1.82, 2.24) is 9.97 Å². The first kappa shape index (κ1) is 19.1. The number of fused-ring (bicyclic) bond motifs is 1. The van der Waals surface area contributed by atoms with Crippen LogP contribution in [0.25, 0.3) is 11.4 Å². The lowest BCUT2D eigenvalue weighted by atomic mass is 9.90. The summed E-state index contributed by atoms with van der Waals surface area (Å²) in [6, 6.07) is 15.3. The van der Waals surface area contributed by atoms with Crippen molar-refractivity contribution in [3.05, 3.63) is 81.3 Å². The summed E-state index contributed by atoms with van der Waals surface area (Å²) in [6.07, 6.45) is 5.76. The molecule has 1 amide bonds. The third-order valence-electron chi connectivity index (χ3n) is 5.35. The highest BCUT2D eigenvalue weighted by Gasteiger charge is 2.12. The van der Waals surface area contributed by atoms with Crippen molar-refractivity contribution in [3.8, 4) is 11.4 Å². The summed E-state index contributed by atoms with van der Waals surface area (Å²) >= 11 is 0. The molecule has 29 heavy (non-hydrogen) atoms. The first-order valence-electron chi connectivity index (χ1n) is 10.2. The number of hydrogen-bond acceptors (Lipinski definition) is 3. The van der Waals surface area contributed by atoms with E-state index in [-0.39, 0.29) is 11.5 Å².